The first kappa shape index (κ1) is 23.3. The van der Waals surface area contributed by atoms with Crippen LogP contribution >= 0.6 is 11.6 Å². The number of hydrogen-bond acceptors (Lipinski definition) is 6. The SMILES string of the molecule is CS(=O)c1nc(Cl)cc(S(=O)c2nc(-c3cc(C(F)(F)F)cc(C(F)(F)F)c3)n[nH]2)n1. The van der Waals surface area contributed by atoms with Gasteiger partial charge in [-0.3, -0.25) is 9.31 Å². The van der Waals surface area contributed by atoms with Gasteiger partial charge in [0.15, 0.2) is 5.82 Å². The lowest BCUT2D eigenvalue weighted by molar-refractivity contribution is -0.143. The summed E-state index contributed by atoms with van der Waals surface area (Å²) in [5.41, 5.74) is -3.71. The Morgan fingerprint density at radius 3 is 2.00 bits per heavy atom. The number of rotatable bonds is 4. The van der Waals surface area contributed by atoms with Crippen molar-refractivity contribution in [2.45, 2.75) is 27.7 Å². The van der Waals surface area contributed by atoms with E-state index in [2.05, 4.69) is 25.1 Å². The lowest BCUT2D eigenvalue weighted by Gasteiger charge is -2.13. The highest BCUT2D eigenvalue weighted by Crippen LogP contribution is 2.38. The number of nitrogens with zero attached hydrogens (tertiary/aromatic N) is 4. The van der Waals surface area contributed by atoms with Gasteiger partial charge in [0.2, 0.25) is 10.3 Å². The fraction of sp³-hybridized carbons (Fsp3) is 0.200. The number of hydrogen-bond donors (Lipinski definition) is 1. The van der Waals surface area contributed by atoms with E-state index in [4.69, 9.17) is 11.6 Å². The second-order valence-electron chi connectivity index (χ2n) is 5.79. The lowest BCUT2D eigenvalue weighted by Crippen LogP contribution is -2.11. The minimum Gasteiger partial charge on any atom is -0.251 e. The molecule has 31 heavy (non-hydrogen) atoms. The van der Waals surface area contributed by atoms with Crippen molar-refractivity contribution in [3.8, 4) is 11.4 Å². The molecule has 16 heteroatoms. The second kappa shape index (κ2) is 8.27. The molecule has 0 saturated carbocycles. The first-order valence-corrected chi connectivity index (χ1v) is 10.9. The molecular weight excluding hydrogens is 496 g/mol. The van der Waals surface area contributed by atoms with Crippen LogP contribution in [0, 0.1) is 0 Å². The molecule has 0 aliphatic rings. The Hall–Kier alpha value is -2.39. The molecule has 0 aliphatic heterocycles. The lowest BCUT2D eigenvalue weighted by atomic mass is 10.0. The summed E-state index contributed by atoms with van der Waals surface area (Å²) >= 11 is 5.77. The van der Waals surface area contributed by atoms with E-state index in [0.717, 1.165) is 6.07 Å². The van der Waals surface area contributed by atoms with Crippen molar-refractivity contribution < 1.29 is 34.8 Å². The maximum atomic E-state index is 13.0. The van der Waals surface area contributed by atoms with E-state index in [1.165, 1.54) is 6.26 Å². The average molecular weight is 504 g/mol. The molecule has 2 heterocycles. The largest absolute Gasteiger partial charge is 0.416 e. The molecule has 0 spiro atoms. The third-order valence-electron chi connectivity index (χ3n) is 3.58. The van der Waals surface area contributed by atoms with Gasteiger partial charge < -0.3 is 0 Å². The van der Waals surface area contributed by atoms with E-state index in [1.54, 1.807) is 0 Å². The molecule has 3 aromatic rings. The third kappa shape index (κ3) is 5.27. The Balaban J connectivity index is 2.05. The molecule has 0 aliphatic carbocycles. The quantitative estimate of drug-likeness (QED) is 0.330. The van der Waals surface area contributed by atoms with Crippen LogP contribution in [-0.2, 0) is 34.0 Å². The molecule has 0 radical (unpaired) electrons. The fourth-order valence-electron chi connectivity index (χ4n) is 2.24. The second-order valence-corrected chi connectivity index (χ2v) is 8.80. The van der Waals surface area contributed by atoms with Crippen molar-refractivity contribution >= 4 is 33.2 Å². The normalized spacial score (nSPS) is 14.5. The van der Waals surface area contributed by atoms with Gasteiger partial charge in [0.05, 0.1) is 21.9 Å². The Bertz CT molecular complexity index is 1170. The number of aromatic nitrogens is 5. The van der Waals surface area contributed by atoms with E-state index in [-0.39, 0.29) is 21.4 Å². The maximum absolute atomic E-state index is 13.0. The molecule has 0 fully saturated rings. The zero-order valence-corrected chi connectivity index (χ0v) is 17.3. The van der Waals surface area contributed by atoms with Crippen molar-refractivity contribution in [1.82, 2.24) is 25.1 Å². The third-order valence-corrected chi connectivity index (χ3v) is 5.60. The summed E-state index contributed by atoms with van der Waals surface area (Å²) in [5.74, 6) is -0.556. The van der Waals surface area contributed by atoms with E-state index >= 15 is 0 Å². The van der Waals surface area contributed by atoms with Crippen LogP contribution in [0.4, 0.5) is 26.3 Å². The molecule has 0 saturated heterocycles. The molecule has 2 aromatic heterocycles. The summed E-state index contributed by atoms with van der Waals surface area (Å²) in [7, 11) is -3.90. The summed E-state index contributed by atoms with van der Waals surface area (Å²) in [5, 5.41) is 4.66. The van der Waals surface area contributed by atoms with E-state index in [1.807, 2.05) is 0 Å². The first-order valence-electron chi connectivity index (χ1n) is 7.78. The summed E-state index contributed by atoms with van der Waals surface area (Å²) in [4.78, 5) is 11.2. The van der Waals surface area contributed by atoms with Gasteiger partial charge in [0.25, 0.3) is 0 Å². The van der Waals surface area contributed by atoms with Crippen LogP contribution in [0.3, 0.4) is 0 Å². The van der Waals surface area contributed by atoms with Gasteiger partial charge in [0.1, 0.15) is 21.0 Å². The molecule has 7 nitrogen and oxygen atoms in total. The fourth-order valence-corrected chi connectivity index (χ4v) is 3.94. The van der Waals surface area contributed by atoms with Crippen molar-refractivity contribution in [3.05, 3.63) is 40.5 Å². The summed E-state index contributed by atoms with van der Waals surface area (Å²) in [6, 6.07) is 1.91. The highest BCUT2D eigenvalue weighted by Gasteiger charge is 2.37. The van der Waals surface area contributed by atoms with Crippen molar-refractivity contribution in [1.29, 1.82) is 0 Å². The minimum absolute atomic E-state index is 0.0372. The minimum atomic E-state index is -5.05. The maximum Gasteiger partial charge on any atom is 0.416 e. The van der Waals surface area contributed by atoms with Crippen molar-refractivity contribution in [3.63, 3.8) is 0 Å². The number of aromatic amines is 1. The Kier molecular flexibility index (Phi) is 6.21. The van der Waals surface area contributed by atoms with Gasteiger partial charge in [-0.1, -0.05) is 11.6 Å². The molecule has 2 unspecified atom stereocenters. The van der Waals surface area contributed by atoms with Gasteiger partial charge in [0, 0.05) is 17.9 Å². The summed E-state index contributed by atoms with van der Waals surface area (Å²) in [6.07, 6.45) is -8.86. The molecule has 0 bridgehead atoms. The Labute approximate surface area is 179 Å². The number of H-pyrrole nitrogens is 1. The van der Waals surface area contributed by atoms with Gasteiger partial charge >= 0.3 is 12.4 Å². The van der Waals surface area contributed by atoms with E-state index < -0.39 is 61.6 Å². The number of halogens is 7. The summed E-state index contributed by atoms with van der Waals surface area (Å²) < 4.78 is 102. The molecular formula is C15H8ClF6N5O2S2. The molecule has 0 amide bonds. The van der Waals surface area contributed by atoms with Crippen LogP contribution in [0.5, 0.6) is 0 Å². The van der Waals surface area contributed by atoms with Crippen LogP contribution < -0.4 is 0 Å². The van der Waals surface area contributed by atoms with Crippen LogP contribution in [0.25, 0.3) is 11.4 Å². The van der Waals surface area contributed by atoms with Crippen LogP contribution in [0.2, 0.25) is 5.15 Å². The predicted octanol–water partition coefficient (Wildman–Crippen LogP) is 3.86. The smallest absolute Gasteiger partial charge is 0.251 e. The van der Waals surface area contributed by atoms with E-state index in [9.17, 15) is 34.8 Å². The van der Waals surface area contributed by atoms with Crippen LogP contribution in [0.1, 0.15) is 11.1 Å². The topological polar surface area (TPSA) is 101 Å². The zero-order chi connectivity index (χ0) is 23.1. The van der Waals surface area contributed by atoms with Gasteiger partial charge in [-0.05, 0) is 18.2 Å². The number of nitrogens with one attached hydrogen (secondary N) is 1. The Morgan fingerprint density at radius 1 is 0.903 bits per heavy atom. The average Bonchev–Trinajstić information content (AvgIpc) is 3.15. The molecule has 2 atom stereocenters. The number of benzene rings is 1. The van der Waals surface area contributed by atoms with Crippen molar-refractivity contribution in [2.24, 2.45) is 0 Å². The predicted molar refractivity (Wildman–Crippen MR) is 95.9 cm³/mol. The van der Waals surface area contributed by atoms with E-state index in [0.29, 0.717) is 12.1 Å². The zero-order valence-electron chi connectivity index (χ0n) is 14.9. The van der Waals surface area contributed by atoms with Gasteiger partial charge in [-0.15, -0.1) is 0 Å². The molecule has 166 valence electrons. The monoisotopic (exact) mass is 503 g/mol. The van der Waals surface area contributed by atoms with Gasteiger partial charge in [-0.2, -0.15) is 36.4 Å². The molecule has 1 aromatic carbocycles. The number of alkyl halides is 6. The van der Waals surface area contributed by atoms with Crippen LogP contribution in [0.15, 0.2) is 39.6 Å². The highest BCUT2D eigenvalue weighted by atomic mass is 35.5. The van der Waals surface area contributed by atoms with Crippen molar-refractivity contribution in [2.75, 3.05) is 6.26 Å². The highest BCUT2D eigenvalue weighted by molar-refractivity contribution is 7.85. The molecule has 3 rings (SSSR count). The summed E-state index contributed by atoms with van der Waals surface area (Å²) in [6.45, 7) is 0. The van der Waals surface area contributed by atoms with Crippen LogP contribution in [-0.4, -0.2) is 39.8 Å². The molecule has 1 N–H and O–H groups in total. The standard InChI is InChI=1S/C15H8ClF6N5O2S2/c1-30(28)12-23-9(16)5-10(24-12)31(29)13-25-11(26-27-13)6-2-7(14(17,18)19)4-8(3-6)15(20,21)22/h2-5H,1H3,(H,25,26,27). The Morgan fingerprint density at radius 2 is 1.48 bits per heavy atom. The first-order chi connectivity index (χ1) is 14.3. The van der Waals surface area contributed by atoms with Gasteiger partial charge in [-0.25, -0.2) is 14.2 Å².